The molecule has 0 fully saturated rings. The molecule has 0 aliphatic heterocycles. The average Bonchev–Trinajstić information content (AvgIpc) is 2.70. The number of nitrogens with one attached hydrogen (secondary N) is 1. The SMILES string of the molecule is NC=c1[nH]c(=Cc2ccc(O)cc2)c(=O)n1CC=O. The fraction of sp³-hybridized carbons (Fsp3) is 0.0769. The molecular weight excluding hydrogens is 246 g/mol. The number of aromatic nitrogens is 2. The Kier molecular flexibility index (Phi) is 3.51. The number of carbonyl (C=O) groups excluding carboxylic acids is 1. The highest BCUT2D eigenvalue weighted by Gasteiger charge is 2.02. The molecule has 2 rings (SSSR count). The highest BCUT2D eigenvalue weighted by atomic mass is 16.3. The topological polar surface area (TPSA) is 101 Å². The van der Waals surface area contributed by atoms with Crippen molar-refractivity contribution in [3.63, 3.8) is 0 Å². The van der Waals surface area contributed by atoms with E-state index in [-0.39, 0.29) is 17.9 Å². The summed E-state index contributed by atoms with van der Waals surface area (Å²) in [6.45, 7) is -0.0538. The van der Waals surface area contributed by atoms with Crippen LogP contribution in [0.1, 0.15) is 5.56 Å². The van der Waals surface area contributed by atoms with E-state index in [4.69, 9.17) is 5.73 Å². The van der Waals surface area contributed by atoms with Gasteiger partial charge in [-0.15, -0.1) is 0 Å². The van der Waals surface area contributed by atoms with Crippen LogP contribution >= 0.6 is 0 Å². The number of aldehydes is 1. The number of hydrogen-bond donors (Lipinski definition) is 3. The molecule has 0 saturated carbocycles. The van der Waals surface area contributed by atoms with Crippen molar-refractivity contribution in [3.8, 4) is 5.75 Å². The maximum atomic E-state index is 12.0. The Balaban J connectivity index is 2.60. The van der Waals surface area contributed by atoms with E-state index in [9.17, 15) is 14.7 Å². The van der Waals surface area contributed by atoms with Crippen LogP contribution < -0.4 is 22.1 Å². The number of nitrogens with zero attached hydrogens (tertiary/aromatic N) is 1. The first kappa shape index (κ1) is 12.7. The van der Waals surface area contributed by atoms with Gasteiger partial charge in [-0.25, -0.2) is 0 Å². The van der Waals surface area contributed by atoms with Gasteiger partial charge in [0, 0.05) is 6.20 Å². The summed E-state index contributed by atoms with van der Waals surface area (Å²) in [5.41, 5.74) is 6.20. The summed E-state index contributed by atoms with van der Waals surface area (Å²) < 4.78 is 1.25. The molecule has 0 saturated heterocycles. The van der Waals surface area contributed by atoms with E-state index in [0.29, 0.717) is 17.1 Å². The summed E-state index contributed by atoms with van der Waals surface area (Å²) in [7, 11) is 0. The summed E-state index contributed by atoms with van der Waals surface area (Å²) in [5.74, 6) is 0.151. The predicted octanol–water partition coefficient (Wildman–Crippen LogP) is -1.39. The lowest BCUT2D eigenvalue weighted by atomic mass is 10.2. The number of hydrogen-bond acceptors (Lipinski definition) is 4. The third-order valence-corrected chi connectivity index (χ3v) is 2.65. The molecule has 2 aromatic rings. The van der Waals surface area contributed by atoms with E-state index >= 15 is 0 Å². The second-order valence-corrected chi connectivity index (χ2v) is 3.91. The molecule has 1 aromatic heterocycles. The van der Waals surface area contributed by atoms with Crippen molar-refractivity contribution in [2.75, 3.05) is 0 Å². The Morgan fingerprint density at radius 3 is 2.58 bits per heavy atom. The molecule has 1 heterocycles. The molecule has 0 unspecified atom stereocenters. The van der Waals surface area contributed by atoms with Gasteiger partial charge in [0.05, 0.1) is 6.54 Å². The predicted molar refractivity (Wildman–Crippen MR) is 70.7 cm³/mol. The largest absolute Gasteiger partial charge is 0.508 e. The molecule has 0 radical (unpaired) electrons. The quantitative estimate of drug-likeness (QED) is 0.590. The monoisotopic (exact) mass is 259 g/mol. The summed E-state index contributed by atoms with van der Waals surface area (Å²) in [6, 6.07) is 6.39. The summed E-state index contributed by atoms with van der Waals surface area (Å²) in [6.07, 6.45) is 3.49. The second-order valence-electron chi connectivity index (χ2n) is 3.91. The van der Waals surface area contributed by atoms with E-state index < -0.39 is 0 Å². The number of aromatic hydroxyl groups is 1. The van der Waals surface area contributed by atoms with Crippen LogP contribution in [0.4, 0.5) is 0 Å². The van der Waals surface area contributed by atoms with E-state index in [1.54, 1.807) is 18.2 Å². The standard InChI is InChI=1S/C13H13N3O3/c14-8-12-15-11(13(19)16(12)5-6-17)7-9-1-3-10(18)4-2-9/h1-4,6-8,15,18H,5,14H2. The van der Waals surface area contributed by atoms with Crippen LogP contribution in [0.5, 0.6) is 5.75 Å². The number of aromatic amines is 1. The van der Waals surface area contributed by atoms with E-state index in [1.807, 2.05) is 0 Å². The second kappa shape index (κ2) is 5.26. The third kappa shape index (κ3) is 2.57. The lowest BCUT2D eigenvalue weighted by molar-refractivity contribution is -0.108. The van der Waals surface area contributed by atoms with Crippen molar-refractivity contribution in [2.24, 2.45) is 5.73 Å². The van der Waals surface area contributed by atoms with Gasteiger partial charge < -0.3 is 20.6 Å². The Hall–Kier alpha value is -2.76. The molecule has 0 bridgehead atoms. The number of nitrogens with two attached hydrogens (primary N) is 1. The Morgan fingerprint density at radius 1 is 1.32 bits per heavy atom. The number of rotatable bonds is 3. The minimum absolute atomic E-state index is 0.0538. The summed E-state index contributed by atoms with van der Waals surface area (Å²) in [4.78, 5) is 25.4. The van der Waals surface area contributed by atoms with Gasteiger partial charge in [0.15, 0.2) is 0 Å². The number of imidazole rings is 1. The van der Waals surface area contributed by atoms with Crippen LogP contribution in [-0.4, -0.2) is 20.9 Å². The molecule has 0 spiro atoms. The lowest BCUT2D eigenvalue weighted by Gasteiger charge is -1.92. The first-order valence-corrected chi connectivity index (χ1v) is 5.61. The van der Waals surface area contributed by atoms with E-state index in [0.717, 1.165) is 5.56 Å². The Labute approximate surface area is 108 Å². The minimum Gasteiger partial charge on any atom is -0.508 e. The molecule has 98 valence electrons. The molecule has 0 aliphatic rings. The molecule has 4 N–H and O–H groups in total. The van der Waals surface area contributed by atoms with Crippen molar-refractivity contribution in [1.82, 2.24) is 9.55 Å². The number of carbonyl (C=O) groups is 1. The van der Waals surface area contributed by atoms with Crippen molar-refractivity contribution in [2.45, 2.75) is 6.54 Å². The number of benzene rings is 1. The van der Waals surface area contributed by atoms with Crippen LogP contribution in [-0.2, 0) is 11.3 Å². The van der Waals surface area contributed by atoms with Gasteiger partial charge in [0.1, 0.15) is 22.9 Å². The number of phenolic OH excluding ortho intramolecular Hbond substituents is 1. The van der Waals surface area contributed by atoms with E-state index in [2.05, 4.69) is 4.98 Å². The van der Waals surface area contributed by atoms with Gasteiger partial charge in [-0.3, -0.25) is 9.36 Å². The highest BCUT2D eigenvalue weighted by Crippen LogP contribution is 2.09. The van der Waals surface area contributed by atoms with Crippen LogP contribution in [0.25, 0.3) is 12.3 Å². The normalized spacial score (nSPS) is 12.8. The highest BCUT2D eigenvalue weighted by molar-refractivity contribution is 5.51. The van der Waals surface area contributed by atoms with Gasteiger partial charge >= 0.3 is 0 Å². The summed E-state index contributed by atoms with van der Waals surface area (Å²) >= 11 is 0. The molecule has 0 aliphatic carbocycles. The number of H-pyrrole nitrogens is 1. The van der Waals surface area contributed by atoms with E-state index in [1.165, 1.54) is 22.9 Å². The third-order valence-electron chi connectivity index (χ3n) is 2.65. The van der Waals surface area contributed by atoms with Crippen molar-refractivity contribution in [1.29, 1.82) is 0 Å². The summed E-state index contributed by atoms with van der Waals surface area (Å²) in [5, 5.41) is 9.51. The minimum atomic E-state index is -0.322. The molecule has 6 nitrogen and oxygen atoms in total. The molecule has 0 atom stereocenters. The van der Waals surface area contributed by atoms with Crippen LogP contribution in [0, 0.1) is 0 Å². The molecule has 1 aromatic carbocycles. The smallest absolute Gasteiger partial charge is 0.276 e. The number of phenols is 1. The van der Waals surface area contributed by atoms with Gasteiger partial charge in [0.2, 0.25) is 0 Å². The molecule has 6 heteroatoms. The Bertz CT molecular complexity index is 754. The van der Waals surface area contributed by atoms with Gasteiger partial charge in [-0.05, 0) is 23.8 Å². The van der Waals surface area contributed by atoms with Crippen molar-refractivity contribution >= 4 is 18.6 Å². The van der Waals surface area contributed by atoms with Crippen molar-refractivity contribution < 1.29 is 9.90 Å². The van der Waals surface area contributed by atoms with Crippen LogP contribution in [0.3, 0.4) is 0 Å². The fourth-order valence-electron chi connectivity index (χ4n) is 1.74. The maximum Gasteiger partial charge on any atom is 0.276 e. The Morgan fingerprint density at radius 2 is 2.00 bits per heavy atom. The van der Waals surface area contributed by atoms with Crippen molar-refractivity contribution in [3.05, 3.63) is 51.0 Å². The van der Waals surface area contributed by atoms with Crippen LogP contribution in [0.15, 0.2) is 29.1 Å². The van der Waals surface area contributed by atoms with Gasteiger partial charge in [-0.1, -0.05) is 12.1 Å². The first-order valence-electron chi connectivity index (χ1n) is 5.61. The molecule has 0 amide bonds. The zero-order valence-corrected chi connectivity index (χ0v) is 10.0. The zero-order chi connectivity index (χ0) is 13.8. The van der Waals surface area contributed by atoms with Gasteiger partial charge in [0.25, 0.3) is 5.56 Å². The zero-order valence-electron chi connectivity index (χ0n) is 10.0. The van der Waals surface area contributed by atoms with Crippen LogP contribution in [0.2, 0.25) is 0 Å². The van der Waals surface area contributed by atoms with Gasteiger partial charge in [-0.2, -0.15) is 0 Å². The maximum absolute atomic E-state index is 12.0. The molecular formula is C13H13N3O3. The first-order chi connectivity index (χ1) is 9.15. The lowest BCUT2D eigenvalue weighted by Crippen LogP contribution is -2.32. The molecule has 19 heavy (non-hydrogen) atoms. The average molecular weight is 259 g/mol. The fourth-order valence-corrected chi connectivity index (χ4v) is 1.74.